The molecule has 32 heavy (non-hydrogen) atoms. The van der Waals surface area contributed by atoms with Gasteiger partial charge in [0.2, 0.25) is 0 Å². The Morgan fingerprint density at radius 2 is 1.81 bits per heavy atom. The molecule has 0 aromatic heterocycles. The summed E-state index contributed by atoms with van der Waals surface area (Å²) < 4.78 is 41.2. The van der Waals surface area contributed by atoms with Crippen LogP contribution < -0.4 is 15.2 Å². The number of nitrogens with one attached hydrogen (secondary N) is 2. The number of halogens is 4. The van der Waals surface area contributed by atoms with Crippen LogP contribution in [-0.2, 0) is 22.3 Å². The second-order valence-electron chi connectivity index (χ2n) is 7.00. The number of nitrogens with zero attached hydrogens (tertiary/aromatic N) is 1. The van der Waals surface area contributed by atoms with Gasteiger partial charge in [-0.05, 0) is 47.5 Å². The van der Waals surface area contributed by atoms with Gasteiger partial charge in [0.05, 0.1) is 32.1 Å². The molecule has 166 valence electrons. The van der Waals surface area contributed by atoms with Gasteiger partial charge in [-0.1, -0.05) is 53.0 Å². The standard InChI is InChI=1S/C21H15Cl3FN3O3S/c22-15-7-4-12(8-17(15)24)11-32(30,31)28-19-9-14(6-5-13(19)10-26-28)27-21(29)20-16(23)2-1-3-18(20)25/h1-9,26H,10-11H2,(H,27,29). The maximum Gasteiger partial charge on any atom is 0.260 e. The van der Waals surface area contributed by atoms with Crippen LogP contribution in [0, 0.1) is 5.82 Å². The van der Waals surface area contributed by atoms with Crippen molar-refractivity contribution in [2.45, 2.75) is 12.3 Å². The predicted octanol–water partition coefficient (Wildman–Crippen LogP) is 5.39. The molecule has 1 heterocycles. The van der Waals surface area contributed by atoms with E-state index in [1.807, 2.05) is 0 Å². The maximum atomic E-state index is 14.0. The molecule has 3 aromatic carbocycles. The zero-order valence-corrected chi connectivity index (χ0v) is 19.3. The van der Waals surface area contributed by atoms with Crippen LogP contribution in [0.5, 0.6) is 0 Å². The lowest BCUT2D eigenvalue weighted by Crippen LogP contribution is -2.38. The fourth-order valence-corrected chi connectivity index (χ4v) is 5.31. The Balaban J connectivity index is 1.59. The van der Waals surface area contributed by atoms with Crippen LogP contribution in [0.1, 0.15) is 21.5 Å². The summed E-state index contributed by atoms with van der Waals surface area (Å²) in [6.07, 6.45) is 0. The largest absolute Gasteiger partial charge is 0.322 e. The number of carbonyl (C=O) groups excluding carboxylic acids is 1. The fourth-order valence-electron chi connectivity index (χ4n) is 3.28. The van der Waals surface area contributed by atoms with Crippen molar-refractivity contribution in [3.63, 3.8) is 0 Å². The Labute approximate surface area is 198 Å². The van der Waals surface area contributed by atoms with E-state index in [-0.39, 0.29) is 33.6 Å². The summed E-state index contributed by atoms with van der Waals surface area (Å²) in [6.45, 7) is 0.281. The summed E-state index contributed by atoms with van der Waals surface area (Å²) in [6, 6.07) is 13.3. The topological polar surface area (TPSA) is 78.5 Å². The summed E-state index contributed by atoms with van der Waals surface area (Å²) in [5.41, 5.74) is 4.35. The summed E-state index contributed by atoms with van der Waals surface area (Å²) >= 11 is 17.8. The molecule has 3 aromatic rings. The van der Waals surface area contributed by atoms with Crippen LogP contribution in [0.15, 0.2) is 54.6 Å². The van der Waals surface area contributed by atoms with Crippen molar-refractivity contribution in [3.8, 4) is 0 Å². The minimum Gasteiger partial charge on any atom is -0.322 e. The first-order valence-corrected chi connectivity index (χ1v) is 12.0. The van der Waals surface area contributed by atoms with E-state index in [1.165, 1.54) is 30.3 Å². The van der Waals surface area contributed by atoms with Crippen LogP contribution >= 0.6 is 34.8 Å². The summed E-state index contributed by atoms with van der Waals surface area (Å²) in [5, 5.41) is 3.11. The molecule has 1 aliphatic rings. The van der Waals surface area contributed by atoms with Gasteiger partial charge in [0.25, 0.3) is 15.9 Å². The zero-order chi connectivity index (χ0) is 23.0. The fraction of sp³-hybridized carbons (Fsp3) is 0.0952. The number of anilines is 2. The Hall–Kier alpha value is -2.36. The van der Waals surface area contributed by atoms with Gasteiger partial charge in [0.15, 0.2) is 0 Å². The molecule has 0 bridgehead atoms. The van der Waals surface area contributed by atoms with Crippen LogP contribution in [0.2, 0.25) is 15.1 Å². The van der Waals surface area contributed by atoms with E-state index < -0.39 is 21.7 Å². The molecular formula is C21H15Cl3FN3O3S. The third-order valence-electron chi connectivity index (χ3n) is 4.78. The van der Waals surface area contributed by atoms with Crippen molar-refractivity contribution >= 4 is 62.1 Å². The van der Waals surface area contributed by atoms with Gasteiger partial charge in [0.1, 0.15) is 5.82 Å². The smallest absolute Gasteiger partial charge is 0.260 e. The number of sulfonamides is 1. The molecule has 6 nitrogen and oxygen atoms in total. The molecule has 0 aliphatic carbocycles. The average Bonchev–Trinajstić information content (AvgIpc) is 3.15. The number of fused-ring (bicyclic) bond motifs is 1. The van der Waals surface area contributed by atoms with Crippen LogP contribution in [0.3, 0.4) is 0 Å². The zero-order valence-electron chi connectivity index (χ0n) is 16.2. The van der Waals surface area contributed by atoms with Crippen molar-refractivity contribution in [2.75, 3.05) is 9.73 Å². The van der Waals surface area contributed by atoms with Gasteiger partial charge >= 0.3 is 0 Å². The summed E-state index contributed by atoms with van der Waals surface area (Å²) in [7, 11) is -3.84. The predicted molar refractivity (Wildman–Crippen MR) is 124 cm³/mol. The number of benzene rings is 3. The molecule has 1 amide bonds. The number of hydrogen-bond acceptors (Lipinski definition) is 4. The van der Waals surface area contributed by atoms with Gasteiger partial charge in [-0.25, -0.2) is 22.6 Å². The third kappa shape index (κ3) is 4.55. The van der Waals surface area contributed by atoms with Gasteiger partial charge in [-0.2, -0.15) is 0 Å². The molecule has 0 radical (unpaired) electrons. The Bertz CT molecular complexity index is 1310. The highest BCUT2D eigenvalue weighted by Crippen LogP contribution is 2.32. The minimum absolute atomic E-state index is 0.0313. The number of rotatable bonds is 5. The molecule has 0 unspecified atom stereocenters. The Morgan fingerprint density at radius 1 is 1.03 bits per heavy atom. The van der Waals surface area contributed by atoms with E-state index in [2.05, 4.69) is 10.7 Å². The molecular weight excluding hydrogens is 500 g/mol. The van der Waals surface area contributed by atoms with Gasteiger partial charge in [0, 0.05) is 12.2 Å². The van der Waals surface area contributed by atoms with E-state index in [1.54, 1.807) is 18.2 Å². The lowest BCUT2D eigenvalue weighted by molar-refractivity contribution is 0.102. The lowest BCUT2D eigenvalue weighted by Gasteiger charge is -2.20. The van der Waals surface area contributed by atoms with Gasteiger partial charge < -0.3 is 5.32 Å². The van der Waals surface area contributed by atoms with Crippen molar-refractivity contribution in [2.24, 2.45) is 0 Å². The molecule has 0 saturated heterocycles. The van der Waals surface area contributed by atoms with Crippen LogP contribution in [0.4, 0.5) is 15.8 Å². The van der Waals surface area contributed by atoms with E-state index in [0.29, 0.717) is 21.8 Å². The molecule has 4 rings (SSSR count). The molecule has 0 fully saturated rings. The van der Waals surface area contributed by atoms with E-state index in [9.17, 15) is 17.6 Å². The minimum atomic E-state index is -3.84. The molecule has 1 aliphatic heterocycles. The quantitative estimate of drug-likeness (QED) is 0.478. The number of hydrogen-bond donors (Lipinski definition) is 2. The van der Waals surface area contributed by atoms with Crippen molar-refractivity contribution in [3.05, 3.63) is 92.2 Å². The number of carbonyl (C=O) groups is 1. The van der Waals surface area contributed by atoms with E-state index in [4.69, 9.17) is 34.8 Å². The molecule has 2 N–H and O–H groups in total. The van der Waals surface area contributed by atoms with Gasteiger partial charge in [-0.15, -0.1) is 0 Å². The highest BCUT2D eigenvalue weighted by molar-refractivity contribution is 7.92. The first kappa shape index (κ1) is 22.8. The number of hydrazine groups is 1. The van der Waals surface area contributed by atoms with Crippen LogP contribution in [-0.4, -0.2) is 14.3 Å². The van der Waals surface area contributed by atoms with E-state index in [0.717, 1.165) is 10.5 Å². The van der Waals surface area contributed by atoms with Crippen molar-refractivity contribution in [1.82, 2.24) is 5.43 Å². The maximum absolute atomic E-state index is 14.0. The lowest BCUT2D eigenvalue weighted by atomic mass is 10.1. The number of amides is 1. The van der Waals surface area contributed by atoms with Crippen LogP contribution in [0.25, 0.3) is 0 Å². The van der Waals surface area contributed by atoms with Crippen molar-refractivity contribution in [1.29, 1.82) is 0 Å². The first-order chi connectivity index (χ1) is 15.2. The summed E-state index contributed by atoms with van der Waals surface area (Å²) in [5.74, 6) is -1.83. The average molecular weight is 515 g/mol. The van der Waals surface area contributed by atoms with Crippen molar-refractivity contribution < 1.29 is 17.6 Å². The first-order valence-electron chi connectivity index (χ1n) is 9.24. The second kappa shape index (κ2) is 8.88. The van der Waals surface area contributed by atoms with Gasteiger partial charge in [-0.3, -0.25) is 4.79 Å². The second-order valence-corrected chi connectivity index (χ2v) is 10.0. The monoisotopic (exact) mass is 513 g/mol. The summed E-state index contributed by atoms with van der Waals surface area (Å²) in [4.78, 5) is 12.5. The molecule has 0 spiro atoms. The highest BCUT2D eigenvalue weighted by atomic mass is 35.5. The highest BCUT2D eigenvalue weighted by Gasteiger charge is 2.30. The molecule has 0 atom stereocenters. The SMILES string of the molecule is O=C(Nc1ccc2c(c1)N(S(=O)(=O)Cc1ccc(Cl)c(Cl)c1)NC2)c1c(F)cccc1Cl. The molecule has 11 heteroatoms. The Kier molecular flexibility index (Phi) is 6.33. The molecule has 0 saturated carbocycles. The normalized spacial score (nSPS) is 13.2. The third-order valence-corrected chi connectivity index (χ3v) is 7.41. The van der Waals surface area contributed by atoms with E-state index >= 15 is 0 Å². The Morgan fingerprint density at radius 3 is 2.53 bits per heavy atom.